The number of hydrogen-bond donors (Lipinski definition) is 0. The van der Waals surface area contributed by atoms with Gasteiger partial charge in [0, 0.05) is 6.54 Å². The lowest BCUT2D eigenvalue weighted by Crippen LogP contribution is -2.28. The normalized spacial score (nSPS) is 15.8. The molecule has 0 bridgehead atoms. The molecule has 1 heterocycles. The molecule has 1 aliphatic heterocycles. The van der Waals surface area contributed by atoms with Crippen LogP contribution >= 0.6 is 35.0 Å². The summed E-state index contributed by atoms with van der Waals surface area (Å²) < 4.78 is 24.3. The number of rotatable bonds is 7. The Hall–Kier alpha value is -3.00. The summed E-state index contributed by atoms with van der Waals surface area (Å²) in [6.45, 7) is 2.48. The van der Waals surface area contributed by atoms with Gasteiger partial charge in [0.2, 0.25) is 0 Å². The minimum absolute atomic E-state index is 0.114. The first-order valence-electron chi connectivity index (χ1n) is 10.7. The number of amidine groups is 1. The monoisotopic (exact) mass is 530 g/mol. The lowest BCUT2D eigenvalue weighted by molar-refractivity contribution is -0.122. The Morgan fingerprint density at radius 2 is 1.80 bits per heavy atom. The van der Waals surface area contributed by atoms with Crippen LogP contribution in [0.3, 0.4) is 0 Å². The highest BCUT2D eigenvalue weighted by Crippen LogP contribution is 2.38. The van der Waals surface area contributed by atoms with Crippen molar-refractivity contribution in [2.75, 3.05) is 13.7 Å². The fraction of sp³-hybridized carbons (Fsp3) is 0.154. The zero-order valence-electron chi connectivity index (χ0n) is 18.9. The second-order valence-corrected chi connectivity index (χ2v) is 9.31. The van der Waals surface area contributed by atoms with Crippen molar-refractivity contribution in [3.05, 3.63) is 92.6 Å². The van der Waals surface area contributed by atoms with Gasteiger partial charge in [0.15, 0.2) is 10.9 Å². The Bertz CT molecular complexity index is 1290. The second-order valence-electron chi connectivity index (χ2n) is 7.48. The topological polar surface area (TPSA) is 51.1 Å². The minimum atomic E-state index is -0.347. The van der Waals surface area contributed by atoms with E-state index in [4.69, 9.17) is 32.7 Å². The van der Waals surface area contributed by atoms with Crippen molar-refractivity contribution in [3.8, 4) is 11.5 Å². The molecule has 35 heavy (non-hydrogen) atoms. The van der Waals surface area contributed by atoms with Crippen molar-refractivity contribution >= 4 is 57.8 Å². The number of halogens is 3. The number of thioether (sulfide) groups is 1. The summed E-state index contributed by atoms with van der Waals surface area (Å²) in [5.74, 6) is 0.527. The summed E-state index contributed by atoms with van der Waals surface area (Å²) in [5.41, 5.74) is 2.02. The molecule has 0 aliphatic carbocycles. The second kappa shape index (κ2) is 11.2. The maximum Gasteiger partial charge on any atom is 0.266 e. The average molecular weight is 531 g/mol. The summed E-state index contributed by atoms with van der Waals surface area (Å²) in [5, 5.41) is 1.16. The zero-order valence-corrected chi connectivity index (χ0v) is 21.3. The number of carbonyl (C=O) groups is 1. The molecule has 1 saturated heterocycles. The van der Waals surface area contributed by atoms with E-state index in [0.29, 0.717) is 39.2 Å². The molecule has 1 amide bonds. The predicted molar refractivity (Wildman–Crippen MR) is 140 cm³/mol. The Morgan fingerprint density at radius 1 is 1.09 bits per heavy atom. The molecule has 180 valence electrons. The molecule has 9 heteroatoms. The summed E-state index contributed by atoms with van der Waals surface area (Å²) >= 11 is 14.1. The quantitative estimate of drug-likeness (QED) is 0.299. The number of benzene rings is 3. The number of methoxy groups -OCH3 is 1. The van der Waals surface area contributed by atoms with Gasteiger partial charge in [0.1, 0.15) is 18.2 Å². The van der Waals surface area contributed by atoms with Gasteiger partial charge in [-0.15, -0.1) is 0 Å². The molecular weight excluding hydrogens is 510 g/mol. The van der Waals surface area contributed by atoms with E-state index in [1.807, 2.05) is 31.2 Å². The summed E-state index contributed by atoms with van der Waals surface area (Å²) in [7, 11) is 1.60. The van der Waals surface area contributed by atoms with Crippen molar-refractivity contribution < 1.29 is 18.7 Å². The molecule has 5 nitrogen and oxygen atoms in total. The van der Waals surface area contributed by atoms with Gasteiger partial charge in [-0.05, 0) is 84.4 Å². The zero-order chi connectivity index (χ0) is 24.9. The highest BCUT2D eigenvalue weighted by Gasteiger charge is 2.32. The number of hydrogen-bond acceptors (Lipinski definition) is 5. The number of ether oxygens (including phenoxy) is 2. The molecule has 1 aliphatic rings. The lowest BCUT2D eigenvalue weighted by Gasteiger charge is -2.12. The molecule has 0 spiro atoms. The standard InChI is InChI=1S/C26H21Cl2FN2O3S/c1-3-31-25(32)23(35-26(31)30-19-7-9-20(33-2)10-8-19)14-17-12-21(27)24(22(28)13-17)34-15-16-5-4-6-18(29)11-16/h4-14H,3,15H2,1-2H3/b23-14+,30-26?. The predicted octanol–water partition coefficient (Wildman–Crippen LogP) is 7.34. The van der Waals surface area contributed by atoms with Crippen LogP contribution in [0.1, 0.15) is 18.1 Å². The third kappa shape index (κ3) is 5.99. The van der Waals surface area contributed by atoms with Gasteiger partial charge in [0.05, 0.1) is 27.7 Å². The molecule has 0 aromatic heterocycles. The molecule has 1 fully saturated rings. The van der Waals surface area contributed by atoms with Crippen molar-refractivity contribution in [1.82, 2.24) is 4.90 Å². The van der Waals surface area contributed by atoms with E-state index in [-0.39, 0.29) is 28.4 Å². The average Bonchev–Trinajstić information content (AvgIpc) is 3.12. The van der Waals surface area contributed by atoms with Gasteiger partial charge in [-0.2, -0.15) is 0 Å². The van der Waals surface area contributed by atoms with Crippen molar-refractivity contribution in [2.45, 2.75) is 13.5 Å². The number of likely N-dealkylation sites (N-methyl/N-ethyl adjacent to an activating group) is 1. The number of nitrogens with zero attached hydrogens (tertiary/aromatic N) is 2. The maximum absolute atomic E-state index is 13.4. The van der Waals surface area contributed by atoms with E-state index in [1.165, 1.54) is 23.9 Å². The van der Waals surface area contributed by atoms with Crippen molar-refractivity contribution in [2.24, 2.45) is 4.99 Å². The Kier molecular flexibility index (Phi) is 8.00. The van der Waals surface area contributed by atoms with E-state index < -0.39 is 0 Å². The minimum Gasteiger partial charge on any atom is -0.497 e. The van der Waals surface area contributed by atoms with Crippen molar-refractivity contribution in [1.29, 1.82) is 0 Å². The molecule has 0 radical (unpaired) electrons. The fourth-order valence-corrected chi connectivity index (χ4v) is 5.05. The number of carbonyl (C=O) groups excluding carboxylic acids is 1. The molecule has 0 N–H and O–H groups in total. The van der Waals surface area contributed by atoms with Crippen LogP contribution in [-0.2, 0) is 11.4 Å². The molecule has 0 atom stereocenters. The SMILES string of the molecule is CCN1C(=O)/C(=C\c2cc(Cl)c(OCc3cccc(F)c3)c(Cl)c2)SC1=Nc1ccc(OC)cc1. The smallest absolute Gasteiger partial charge is 0.266 e. The van der Waals surface area contributed by atoms with E-state index in [1.54, 1.807) is 42.4 Å². The van der Waals surface area contributed by atoms with Gasteiger partial charge in [-0.3, -0.25) is 9.69 Å². The molecule has 3 aromatic rings. The molecule has 4 rings (SSSR count). The van der Waals surface area contributed by atoms with Gasteiger partial charge < -0.3 is 9.47 Å². The van der Waals surface area contributed by atoms with E-state index in [9.17, 15) is 9.18 Å². The Labute approximate surface area is 217 Å². The molecule has 0 unspecified atom stereocenters. The van der Waals surface area contributed by atoms with E-state index in [0.717, 1.165) is 5.75 Å². The third-order valence-electron chi connectivity index (χ3n) is 5.09. The van der Waals surface area contributed by atoms with Gasteiger partial charge >= 0.3 is 0 Å². The highest BCUT2D eigenvalue weighted by molar-refractivity contribution is 8.18. The van der Waals surface area contributed by atoms with E-state index in [2.05, 4.69) is 4.99 Å². The van der Waals surface area contributed by atoms with Gasteiger partial charge in [0.25, 0.3) is 5.91 Å². The Balaban J connectivity index is 1.55. The van der Waals surface area contributed by atoms with Gasteiger partial charge in [-0.1, -0.05) is 35.3 Å². The van der Waals surface area contributed by atoms with Crippen LogP contribution < -0.4 is 9.47 Å². The van der Waals surface area contributed by atoms with Crippen LogP contribution in [0.4, 0.5) is 10.1 Å². The Morgan fingerprint density at radius 3 is 2.43 bits per heavy atom. The third-order valence-corrected chi connectivity index (χ3v) is 6.66. The van der Waals surface area contributed by atoms with E-state index >= 15 is 0 Å². The molecular formula is C26H21Cl2FN2O3S. The first-order valence-corrected chi connectivity index (χ1v) is 12.3. The number of aliphatic imine (C=N–C) groups is 1. The summed E-state index contributed by atoms with van der Waals surface area (Å²) in [6.07, 6.45) is 1.72. The summed E-state index contributed by atoms with van der Waals surface area (Å²) in [4.78, 5) is 19.7. The fourth-order valence-electron chi connectivity index (χ4n) is 3.37. The largest absolute Gasteiger partial charge is 0.497 e. The maximum atomic E-state index is 13.4. The first kappa shape index (κ1) is 25.1. The highest BCUT2D eigenvalue weighted by atomic mass is 35.5. The van der Waals surface area contributed by atoms with Crippen LogP contribution in [0.15, 0.2) is 70.6 Å². The molecule has 3 aromatic carbocycles. The van der Waals surface area contributed by atoms with Crippen LogP contribution in [0, 0.1) is 5.82 Å². The molecule has 0 saturated carbocycles. The van der Waals surface area contributed by atoms with Crippen LogP contribution in [0.2, 0.25) is 10.0 Å². The van der Waals surface area contributed by atoms with Crippen molar-refractivity contribution in [3.63, 3.8) is 0 Å². The summed E-state index contributed by atoms with van der Waals surface area (Å²) in [6, 6.07) is 16.7. The first-order chi connectivity index (χ1) is 16.9. The van der Waals surface area contributed by atoms with Crippen LogP contribution in [0.25, 0.3) is 6.08 Å². The van der Waals surface area contributed by atoms with Crippen LogP contribution in [0.5, 0.6) is 11.5 Å². The number of amides is 1. The lowest BCUT2D eigenvalue weighted by atomic mass is 10.2. The van der Waals surface area contributed by atoms with Crippen LogP contribution in [-0.4, -0.2) is 29.6 Å². The van der Waals surface area contributed by atoms with Gasteiger partial charge in [-0.25, -0.2) is 9.38 Å².